The summed E-state index contributed by atoms with van der Waals surface area (Å²) >= 11 is 0. The van der Waals surface area contributed by atoms with Gasteiger partial charge in [-0.05, 0) is 104 Å². The molecule has 1 aromatic heterocycles. The van der Waals surface area contributed by atoms with E-state index in [9.17, 15) is 0 Å². The average molecular weight is 577 g/mol. The number of fused-ring (bicyclic) bond motifs is 8. The molecule has 0 spiro atoms. The molecule has 3 nitrogen and oxygen atoms in total. The zero-order valence-corrected chi connectivity index (χ0v) is 26.6. The maximum absolute atomic E-state index is 6.88. The molecule has 0 aliphatic carbocycles. The summed E-state index contributed by atoms with van der Waals surface area (Å²) in [6.07, 6.45) is 5.33. The van der Waals surface area contributed by atoms with E-state index in [-0.39, 0.29) is 12.0 Å². The van der Waals surface area contributed by atoms with Gasteiger partial charge in [-0.25, -0.2) is 0 Å². The fourth-order valence-electron chi connectivity index (χ4n) is 7.92. The Bertz CT molecular complexity index is 2050. The minimum absolute atomic E-state index is 0.0944. The highest BCUT2D eigenvalue weighted by Gasteiger charge is 2.32. The van der Waals surface area contributed by atoms with Crippen LogP contribution in [-0.4, -0.2) is 17.5 Å². The van der Waals surface area contributed by atoms with Gasteiger partial charge >= 0.3 is 0 Å². The van der Waals surface area contributed by atoms with Crippen LogP contribution in [0.15, 0.2) is 100.0 Å². The summed E-state index contributed by atoms with van der Waals surface area (Å²) in [5.74, 6) is 0.285. The zero-order chi connectivity index (χ0) is 30.7. The SMILES string of the molecule is C=CC1=NC2CC(=C)N=C(CC)c3c(cc(C)c4c3oc3cc(-c5c(C)cc(C)cc5C)ccc34)CCC2c2ccccc21. The number of aliphatic imine (C=N–C) groups is 2. The van der Waals surface area contributed by atoms with Crippen LogP contribution in [0.25, 0.3) is 33.1 Å². The third-order valence-corrected chi connectivity index (χ3v) is 9.67. The van der Waals surface area contributed by atoms with Crippen molar-refractivity contribution in [3.05, 3.63) is 130 Å². The number of furan rings is 1. The number of nitrogens with zero attached hydrogens (tertiary/aromatic N) is 2. The van der Waals surface area contributed by atoms with Gasteiger partial charge in [-0.15, -0.1) is 0 Å². The Balaban J connectivity index is 1.41. The molecule has 2 unspecified atom stereocenters. The van der Waals surface area contributed by atoms with Crippen LogP contribution < -0.4 is 0 Å². The molecular formula is C41H40N2O. The summed E-state index contributed by atoms with van der Waals surface area (Å²) in [6, 6.07) is 22.4. The molecule has 220 valence electrons. The minimum atomic E-state index is 0.0944. The van der Waals surface area contributed by atoms with Crippen LogP contribution in [0.3, 0.4) is 0 Å². The lowest BCUT2D eigenvalue weighted by Crippen LogP contribution is -2.27. The number of benzene rings is 4. The van der Waals surface area contributed by atoms with Crippen LogP contribution in [0.2, 0.25) is 0 Å². The third-order valence-electron chi connectivity index (χ3n) is 9.67. The predicted molar refractivity (Wildman–Crippen MR) is 187 cm³/mol. The second-order valence-electron chi connectivity index (χ2n) is 12.7. The largest absolute Gasteiger partial charge is 0.455 e. The Kier molecular flexibility index (Phi) is 7.00. The van der Waals surface area contributed by atoms with Gasteiger partial charge in [0.15, 0.2) is 0 Å². The number of hydrogen-bond donors (Lipinski definition) is 0. The topological polar surface area (TPSA) is 37.9 Å². The van der Waals surface area contributed by atoms with Gasteiger partial charge in [0.2, 0.25) is 0 Å². The van der Waals surface area contributed by atoms with Crippen LogP contribution >= 0.6 is 0 Å². The fourth-order valence-corrected chi connectivity index (χ4v) is 7.92. The van der Waals surface area contributed by atoms with Crippen LogP contribution in [0.4, 0.5) is 0 Å². The Hall–Kier alpha value is -4.50. The first-order valence-corrected chi connectivity index (χ1v) is 15.9. The minimum Gasteiger partial charge on any atom is -0.455 e. The van der Waals surface area contributed by atoms with Crippen molar-refractivity contribution < 1.29 is 4.42 Å². The predicted octanol–water partition coefficient (Wildman–Crippen LogP) is 10.7. The van der Waals surface area contributed by atoms with E-state index in [2.05, 4.69) is 108 Å². The Morgan fingerprint density at radius 3 is 2.45 bits per heavy atom. The highest BCUT2D eigenvalue weighted by atomic mass is 16.3. The molecule has 2 atom stereocenters. The molecule has 7 rings (SSSR count). The molecule has 0 amide bonds. The Labute approximate surface area is 260 Å². The molecule has 44 heavy (non-hydrogen) atoms. The first-order valence-electron chi connectivity index (χ1n) is 15.9. The first kappa shape index (κ1) is 28.3. The van der Waals surface area contributed by atoms with Crippen molar-refractivity contribution in [1.82, 2.24) is 0 Å². The third kappa shape index (κ3) is 4.57. The Morgan fingerprint density at radius 2 is 1.70 bits per heavy atom. The lowest BCUT2D eigenvalue weighted by Gasteiger charge is -2.32. The van der Waals surface area contributed by atoms with Gasteiger partial charge in [0.1, 0.15) is 11.2 Å². The van der Waals surface area contributed by atoms with Crippen LogP contribution in [0.5, 0.6) is 0 Å². The molecule has 0 saturated heterocycles. The molecule has 0 bridgehead atoms. The normalized spacial score (nSPS) is 18.3. The monoisotopic (exact) mass is 576 g/mol. The van der Waals surface area contributed by atoms with E-state index in [0.29, 0.717) is 0 Å². The lowest BCUT2D eigenvalue weighted by atomic mass is 9.78. The molecule has 5 aromatic rings. The smallest absolute Gasteiger partial charge is 0.145 e. The molecule has 2 aliphatic heterocycles. The molecule has 3 heteroatoms. The van der Waals surface area contributed by atoms with Gasteiger partial charge in [-0.1, -0.05) is 74.2 Å². The second-order valence-corrected chi connectivity index (χ2v) is 12.7. The summed E-state index contributed by atoms with van der Waals surface area (Å²) in [4.78, 5) is 10.4. The summed E-state index contributed by atoms with van der Waals surface area (Å²) < 4.78 is 6.88. The van der Waals surface area contributed by atoms with Crippen molar-refractivity contribution >= 4 is 33.4 Å². The highest BCUT2D eigenvalue weighted by molar-refractivity contribution is 6.18. The first-order chi connectivity index (χ1) is 21.3. The van der Waals surface area contributed by atoms with Gasteiger partial charge in [-0.2, -0.15) is 0 Å². The van der Waals surface area contributed by atoms with E-state index < -0.39 is 0 Å². The lowest BCUT2D eigenvalue weighted by molar-refractivity contribution is 0.489. The van der Waals surface area contributed by atoms with Gasteiger partial charge in [0.25, 0.3) is 0 Å². The summed E-state index contributed by atoms with van der Waals surface area (Å²) in [5.41, 5.74) is 17.3. The standard InChI is InChI=1S/C41H40N2O/c1-8-34-31-13-11-10-12-30(31)32-16-14-28-20-26(6)39-33-17-15-29(38-24(4)18-23(3)19-25(38)5)22-37(33)44-41(39)40(28)35(9-2)42-27(7)21-36(32)43-34/h8,10-13,15,17-20,22,32,36H,1,7,9,14,16,21H2,2-6H3. The summed E-state index contributed by atoms with van der Waals surface area (Å²) in [5, 5.41) is 2.35. The van der Waals surface area contributed by atoms with Crippen LogP contribution in [0.1, 0.15) is 76.6 Å². The van der Waals surface area contributed by atoms with E-state index in [1.54, 1.807) is 0 Å². The van der Waals surface area contributed by atoms with E-state index in [0.717, 1.165) is 64.9 Å². The van der Waals surface area contributed by atoms with Crippen LogP contribution in [-0.2, 0) is 6.42 Å². The molecule has 0 fully saturated rings. The molecule has 0 N–H and O–H groups in total. The quantitative estimate of drug-likeness (QED) is 0.210. The molecule has 2 aliphatic rings. The number of aryl methyl sites for hydroxylation is 5. The van der Waals surface area contributed by atoms with Gasteiger partial charge in [0.05, 0.1) is 17.5 Å². The van der Waals surface area contributed by atoms with Crippen molar-refractivity contribution in [2.75, 3.05) is 0 Å². The van der Waals surface area contributed by atoms with E-state index in [4.69, 9.17) is 14.4 Å². The van der Waals surface area contributed by atoms with Crippen molar-refractivity contribution in [3.63, 3.8) is 0 Å². The van der Waals surface area contributed by atoms with Crippen molar-refractivity contribution in [2.45, 2.75) is 72.3 Å². The average Bonchev–Trinajstić information content (AvgIpc) is 3.38. The van der Waals surface area contributed by atoms with Crippen molar-refractivity contribution in [2.24, 2.45) is 9.98 Å². The molecule has 4 aromatic carbocycles. The molecule has 0 radical (unpaired) electrons. The molecule has 3 heterocycles. The molecular weight excluding hydrogens is 536 g/mol. The van der Waals surface area contributed by atoms with Crippen LogP contribution in [0, 0.1) is 27.7 Å². The summed E-state index contributed by atoms with van der Waals surface area (Å²) in [6.45, 7) is 19.5. The molecule has 0 saturated carbocycles. The van der Waals surface area contributed by atoms with Crippen molar-refractivity contribution in [1.29, 1.82) is 0 Å². The van der Waals surface area contributed by atoms with E-state index in [1.165, 1.54) is 55.5 Å². The fraction of sp³-hybridized carbons (Fsp3) is 0.268. The second kappa shape index (κ2) is 10.9. The van der Waals surface area contributed by atoms with Gasteiger partial charge in [-0.3, -0.25) is 9.98 Å². The number of allylic oxidation sites excluding steroid dienone is 1. The maximum Gasteiger partial charge on any atom is 0.145 e. The van der Waals surface area contributed by atoms with Gasteiger partial charge < -0.3 is 4.42 Å². The van der Waals surface area contributed by atoms with E-state index >= 15 is 0 Å². The highest BCUT2D eigenvalue weighted by Crippen LogP contribution is 2.42. The van der Waals surface area contributed by atoms with E-state index in [1.807, 2.05) is 6.08 Å². The van der Waals surface area contributed by atoms with Crippen molar-refractivity contribution in [3.8, 4) is 11.1 Å². The summed E-state index contributed by atoms with van der Waals surface area (Å²) in [7, 11) is 0. The zero-order valence-electron chi connectivity index (χ0n) is 26.6. The number of rotatable bonds is 3. The van der Waals surface area contributed by atoms with Gasteiger partial charge in [0, 0.05) is 39.9 Å². The number of hydrogen-bond acceptors (Lipinski definition) is 3. The maximum atomic E-state index is 6.88. The Morgan fingerprint density at radius 1 is 0.932 bits per heavy atom.